The van der Waals surface area contributed by atoms with Gasteiger partial charge in [0.15, 0.2) is 0 Å². The highest BCUT2D eigenvalue weighted by Crippen LogP contribution is 2.36. The van der Waals surface area contributed by atoms with Crippen LogP contribution < -0.4 is 4.90 Å². The first-order valence-corrected chi connectivity index (χ1v) is 7.93. The van der Waals surface area contributed by atoms with Crippen molar-refractivity contribution in [3.05, 3.63) is 29.4 Å². The van der Waals surface area contributed by atoms with Gasteiger partial charge in [0.05, 0.1) is 6.10 Å². The van der Waals surface area contributed by atoms with Crippen molar-refractivity contribution in [1.82, 2.24) is 20.2 Å². The molecule has 0 spiro atoms. The molecule has 3 heterocycles. The van der Waals surface area contributed by atoms with Gasteiger partial charge in [-0.15, -0.1) is 10.2 Å². The van der Waals surface area contributed by atoms with E-state index in [9.17, 15) is 0 Å². The van der Waals surface area contributed by atoms with Crippen LogP contribution >= 0.6 is 0 Å². The Morgan fingerprint density at radius 1 is 1.26 bits per heavy atom. The summed E-state index contributed by atoms with van der Waals surface area (Å²) in [5, 5.41) is 8.15. The highest BCUT2D eigenvalue weighted by atomic mass is 16.5. The van der Waals surface area contributed by atoms with E-state index in [0.29, 0.717) is 11.8 Å². The Morgan fingerprint density at radius 3 is 2.65 bits per heavy atom. The fraction of sp³-hybridized carbons (Fsp3) is 0.625. The zero-order valence-electron chi connectivity index (χ0n) is 14.3. The highest BCUT2D eigenvalue weighted by molar-refractivity contribution is 5.44. The van der Waals surface area contributed by atoms with Crippen LogP contribution in [0.4, 0.5) is 5.82 Å². The Bertz CT molecular complexity index is 685. The maximum Gasteiger partial charge on any atom is 0.238 e. The number of hydrogen-bond donors (Lipinski definition) is 0. The lowest BCUT2D eigenvalue weighted by atomic mass is 10.2. The molecule has 0 saturated carbocycles. The normalized spacial score (nSPS) is 21.4. The van der Waals surface area contributed by atoms with E-state index in [-0.39, 0.29) is 18.1 Å². The molecular formula is C16H23N5O2. The van der Waals surface area contributed by atoms with Crippen LogP contribution in [-0.4, -0.2) is 39.9 Å². The van der Waals surface area contributed by atoms with Gasteiger partial charge in [-0.25, -0.2) is 9.97 Å². The van der Waals surface area contributed by atoms with Gasteiger partial charge < -0.3 is 14.1 Å². The molecule has 7 nitrogen and oxygen atoms in total. The molecule has 0 aromatic carbocycles. The molecule has 0 radical (unpaired) electrons. The van der Waals surface area contributed by atoms with Crippen LogP contribution in [0.25, 0.3) is 0 Å². The second kappa shape index (κ2) is 6.23. The van der Waals surface area contributed by atoms with Crippen LogP contribution in [0.5, 0.6) is 0 Å². The minimum Gasteiger partial charge on any atom is -0.423 e. The van der Waals surface area contributed by atoms with Gasteiger partial charge in [-0.05, 0) is 6.92 Å². The first kappa shape index (κ1) is 15.9. The molecule has 1 aliphatic heterocycles. The van der Waals surface area contributed by atoms with Crippen LogP contribution in [0.15, 0.2) is 10.5 Å². The molecule has 0 amide bonds. The van der Waals surface area contributed by atoms with E-state index in [0.717, 1.165) is 30.3 Å². The van der Waals surface area contributed by atoms with Crippen molar-refractivity contribution in [2.75, 3.05) is 18.6 Å². The van der Waals surface area contributed by atoms with Gasteiger partial charge in [-0.2, -0.15) is 0 Å². The Hall–Kier alpha value is -2.02. The van der Waals surface area contributed by atoms with Crippen molar-refractivity contribution in [3.63, 3.8) is 0 Å². The lowest BCUT2D eigenvalue weighted by molar-refractivity contribution is 0.117. The predicted octanol–water partition coefficient (Wildman–Crippen LogP) is 2.57. The third-order valence-corrected chi connectivity index (χ3v) is 4.09. The largest absolute Gasteiger partial charge is 0.423 e. The summed E-state index contributed by atoms with van der Waals surface area (Å²) in [5.41, 5.74) is 0.958. The summed E-state index contributed by atoms with van der Waals surface area (Å²) in [7, 11) is 1.73. The average molecular weight is 317 g/mol. The van der Waals surface area contributed by atoms with Crippen LogP contribution in [0.1, 0.15) is 55.5 Å². The fourth-order valence-electron chi connectivity index (χ4n) is 2.88. The van der Waals surface area contributed by atoms with Gasteiger partial charge in [-0.1, -0.05) is 13.8 Å². The van der Waals surface area contributed by atoms with Crippen LogP contribution in [0, 0.1) is 13.8 Å². The minimum atomic E-state index is -0.0181. The summed E-state index contributed by atoms with van der Waals surface area (Å²) in [4.78, 5) is 11.4. The lowest BCUT2D eigenvalue weighted by Crippen LogP contribution is -2.26. The summed E-state index contributed by atoms with van der Waals surface area (Å²) in [6.45, 7) is 8.73. The average Bonchev–Trinajstić information content (AvgIpc) is 3.12. The van der Waals surface area contributed by atoms with E-state index in [2.05, 4.69) is 33.9 Å². The summed E-state index contributed by atoms with van der Waals surface area (Å²) < 4.78 is 11.2. The van der Waals surface area contributed by atoms with Gasteiger partial charge in [-0.3, -0.25) is 0 Å². The quantitative estimate of drug-likeness (QED) is 0.857. The summed E-state index contributed by atoms with van der Waals surface area (Å²) in [5.74, 6) is 3.20. The Labute approximate surface area is 136 Å². The standard InChI is InChI=1S/C16H23N5O2/c1-9(2)15-17-10(3)6-14(18-15)21-8-12(22-5)7-13(21)16-20-19-11(4)23-16/h6,9,12-13H,7-8H2,1-5H3/t12-,13+/m0/s1. The van der Waals surface area contributed by atoms with Crippen molar-refractivity contribution in [2.45, 2.75) is 52.2 Å². The second-order valence-electron chi connectivity index (χ2n) is 6.30. The molecule has 2 aromatic heterocycles. The van der Waals surface area contributed by atoms with Crippen molar-refractivity contribution in [2.24, 2.45) is 0 Å². The Morgan fingerprint density at radius 2 is 2.04 bits per heavy atom. The third-order valence-electron chi connectivity index (χ3n) is 4.09. The number of aryl methyl sites for hydroxylation is 2. The van der Waals surface area contributed by atoms with Crippen molar-refractivity contribution in [3.8, 4) is 0 Å². The molecule has 23 heavy (non-hydrogen) atoms. The zero-order valence-corrected chi connectivity index (χ0v) is 14.3. The van der Waals surface area contributed by atoms with E-state index >= 15 is 0 Å². The molecule has 1 saturated heterocycles. The van der Waals surface area contributed by atoms with Gasteiger partial charge in [0, 0.05) is 44.7 Å². The van der Waals surface area contributed by atoms with Crippen LogP contribution in [0.2, 0.25) is 0 Å². The summed E-state index contributed by atoms with van der Waals surface area (Å²) >= 11 is 0. The number of nitrogens with zero attached hydrogens (tertiary/aromatic N) is 5. The molecule has 1 aliphatic rings. The number of aromatic nitrogens is 4. The van der Waals surface area contributed by atoms with E-state index in [1.807, 2.05) is 13.0 Å². The van der Waals surface area contributed by atoms with Gasteiger partial charge in [0.2, 0.25) is 11.8 Å². The second-order valence-corrected chi connectivity index (χ2v) is 6.30. The van der Waals surface area contributed by atoms with Crippen molar-refractivity contribution >= 4 is 5.82 Å². The van der Waals surface area contributed by atoms with Crippen molar-refractivity contribution in [1.29, 1.82) is 0 Å². The molecule has 0 bridgehead atoms. The number of ether oxygens (including phenoxy) is 1. The molecule has 1 fully saturated rings. The summed E-state index contributed by atoms with van der Waals surface area (Å²) in [6, 6.07) is 1.98. The maximum atomic E-state index is 5.66. The molecule has 124 valence electrons. The van der Waals surface area contributed by atoms with E-state index < -0.39 is 0 Å². The third kappa shape index (κ3) is 3.19. The molecular weight excluding hydrogens is 294 g/mol. The Kier molecular flexibility index (Phi) is 4.30. The summed E-state index contributed by atoms with van der Waals surface area (Å²) in [6.07, 6.45) is 0.919. The minimum absolute atomic E-state index is 0.0181. The maximum absolute atomic E-state index is 5.66. The molecule has 7 heteroatoms. The topological polar surface area (TPSA) is 77.2 Å². The van der Waals surface area contributed by atoms with Gasteiger partial charge in [0.1, 0.15) is 17.7 Å². The molecule has 2 atom stereocenters. The number of methoxy groups -OCH3 is 1. The van der Waals surface area contributed by atoms with Crippen LogP contribution in [-0.2, 0) is 4.74 Å². The monoisotopic (exact) mass is 317 g/mol. The van der Waals surface area contributed by atoms with E-state index in [1.165, 1.54) is 0 Å². The Balaban J connectivity index is 1.98. The smallest absolute Gasteiger partial charge is 0.238 e. The molecule has 3 rings (SSSR count). The molecule has 2 aromatic rings. The SMILES string of the molecule is CO[C@H]1C[C@H](c2nnc(C)o2)N(c2cc(C)nc(C(C)C)n2)C1. The lowest BCUT2D eigenvalue weighted by Gasteiger charge is -2.24. The molecule has 0 N–H and O–H groups in total. The first-order valence-electron chi connectivity index (χ1n) is 7.93. The fourth-order valence-corrected chi connectivity index (χ4v) is 2.88. The first-order chi connectivity index (χ1) is 11.0. The highest BCUT2D eigenvalue weighted by Gasteiger charge is 2.37. The van der Waals surface area contributed by atoms with Crippen LogP contribution in [0.3, 0.4) is 0 Å². The van der Waals surface area contributed by atoms with E-state index in [1.54, 1.807) is 14.0 Å². The van der Waals surface area contributed by atoms with E-state index in [4.69, 9.17) is 14.1 Å². The number of hydrogen-bond acceptors (Lipinski definition) is 7. The van der Waals surface area contributed by atoms with Gasteiger partial charge >= 0.3 is 0 Å². The molecule has 0 aliphatic carbocycles. The van der Waals surface area contributed by atoms with Crippen molar-refractivity contribution < 1.29 is 9.15 Å². The predicted molar refractivity (Wildman–Crippen MR) is 85.4 cm³/mol. The zero-order chi connectivity index (χ0) is 16.6. The molecule has 0 unspecified atom stereocenters. The number of anilines is 1. The number of rotatable bonds is 4. The van der Waals surface area contributed by atoms with Gasteiger partial charge in [0.25, 0.3) is 0 Å².